The van der Waals surface area contributed by atoms with E-state index in [1.807, 2.05) is 49.5 Å². The molecule has 0 aliphatic heterocycles. The maximum Gasteiger partial charge on any atom is 0.177 e. The van der Waals surface area contributed by atoms with E-state index in [9.17, 15) is 0 Å². The number of hydrogen-bond acceptors (Lipinski definition) is 3. The molecule has 3 heterocycles. The molecular weight excluding hydrogens is 274 g/mol. The van der Waals surface area contributed by atoms with E-state index in [0.29, 0.717) is 6.54 Å². The van der Waals surface area contributed by atoms with E-state index in [4.69, 9.17) is 9.40 Å². The van der Waals surface area contributed by atoms with Crippen LogP contribution in [0, 0.1) is 6.92 Å². The van der Waals surface area contributed by atoms with E-state index < -0.39 is 0 Å². The smallest absolute Gasteiger partial charge is 0.177 e. The minimum absolute atomic E-state index is 0.712. The van der Waals surface area contributed by atoms with E-state index >= 15 is 0 Å². The molecule has 4 nitrogen and oxygen atoms in total. The molecule has 0 bridgehead atoms. The predicted octanol–water partition coefficient (Wildman–Crippen LogP) is 4.05. The summed E-state index contributed by atoms with van der Waals surface area (Å²) in [6.45, 7) is 2.65. The number of hydrogen-bond donors (Lipinski definition) is 0. The monoisotopic (exact) mass is 289 g/mol. The molecule has 1 aromatic carbocycles. The van der Waals surface area contributed by atoms with Crippen LogP contribution < -0.4 is 0 Å². The maximum absolute atomic E-state index is 5.78. The van der Waals surface area contributed by atoms with Crippen molar-refractivity contribution in [1.82, 2.24) is 14.5 Å². The summed E-state index contributed by atoms with van der Waals surface area (Å²) < 4.78 is 7.95. The Hall–Kier alpha value is -2.88. The number of furan rings is 1. The van der Waals surface area contributed by atoms with Crippen molar-refractivity contribution in [2.24, 2.45) is 0 Å². The second-order valence-corrected chi connectivity index (χ2v) is 5.28. The van der Waals surface area contributed by atoms with Crippen LogP contribution in [0.4, 0.5) is 0 Å². The number of para-hydroxylation sites is 2. The quantitative estimate of drug-likeness (QED) is 0.571. The maximum atomic E-state index is 5.78. The number of aryl methyl sites for hydroxylation is 1. The number of pyridine rings is 1. The average Bonchev–Trinajstić information content (AvgIpc) is 3.13. The van der Waals surface area contributed by atoms with Crippen molar-refractivity contribution >= 4 is 11.0 Å². The average molecular weight is 289 g/mol. The van der Waals surface area contributed by atoms with Gasteiger partial charge < -0.3 is 8.98 Å². The largest absolute Gasteiger partial charge is 0.458 e. The summed E-state index contributed by atoms with van der Waals surface area (Å²) in [5.41, 5.74) is 3.20. The fraction of sp³-hybridized carbons (Fsp3) is 0.111. The Morgan fingerprint density at radius 2 is 1.95 bits per heavy atom. The second kappa shape index (κ2) is 5.15. The molecule has 0 amide bonds. The molecule has 0 spiro atoms. The molecule has 0 radical (unpaired) electrons. The van der Waals surface area contributed by atoms with Crippen LogP contribution in [-0.4, -0.2) is 14.5 Å². The highest BCUT2D eigenvalue weighted by Crippen LogP contribution is 2.27. The lowest BCUT2D eigenvalue weighted by atomic mass is 10.2. The van der Waals surface area contributed by atoms with Gasteiger partial charge in [0.05, 0.1) is 17.6 Å². The van der Waals surface area contributed by atoms with Gasteiger partial charge in [0, 0.05) is 12.4 Å². The number of benzene rings is 1. The molecule has 0 aliphatic carbocycles. The topological polar surface area (TPSA) is 43.9 Å². The van der Waals surface area contributed by atoms with Crippen LogP contribution in [0.3, 0.4) is 0 Å². The lowest BCUT2D eigenvalue weighted by molar-refractivity contribution is 0.540. The van der Waals surface area contributed by atoms with Gasteiger partial charge in [0.25, 0.3) is 0 Å². The third-order valence-electron chi connectivity index (χ3n) is 3.68. The Labute approximate surface area is 128 Å². The van der Waals surface area contributed by atoms with Crippen LogP contribution >= 0.6 is 0 Å². The first-order valence-electron chi connectivity index (χ1n) is 7.22. The third-order valence-corrected chi connectivity index (χ3v) is 3.68. The van der Waals surface area contributed by atoms with Crippen molar-refractivity contribution in [1.29, 1.82) is 0 Å². The van der Waals surface area contributed by atoms with Crippen LogP contribution in [0.25, 0.3) is 22.6 Å². The minimum atomic E-state index is 0.712. The summed E-state index contributed by atoms with van der Waals surface area (Å²) in [5, 5.41) is 0. The molecule has 22 heavy (non-hydrogen) atoms. The number of rotatable bonds is 3. The van der Waals surface area contributed by atoms with Gasteiger partial charge in [0.15, 0.2) is 11.6 Å². The highest BCUT2D eigenvalue weighted by molar-refractivity contribution is 5.79. The third kappa shape index (κ3) is 2.19. The first kappa shape index (κ1) is 12.8. The van der Waals surface area contributed by atoms with Crippen LogP contribution in [-0.2, 0) is 6.54 Å². The lowest BCUT2D eigenvalue weighted by Gasteiger charge is -2.07. The molecule has 0 unspecified atom stereocenters. The summed E-state index contributed by atoms with van der Waals surface area (Å²) in [4.78, 5) is 8.94. The van der Waals surface area contributed by atoms with Crippen molar-refractivity contribution in [3.63, 3.8) is 0 Å². The van der Waals surface area contributed by atoms with Crippen molar-refractivity contribution in [2.75, 3.05) is 0 Å². The van der Waals surface area contributed by atoms with Gasteiger partial charge >= 0.3 is 0 Å². The summed E-state index contributed by atoms with van der Waals surface area (Å²) in [5.74, 6) is 2.52. The zero-order valence-electron chi connectivity index (χ0n) is 12.2. The van der Waals surface area contributed by atoms with Gasteiger partial charge in [-0.25, -0.2) is 4.98 Å². The molecular formula is C18H15N3O. The van der Waals surface area contributed by atoms with Gasteiger partial charge in [-0.1, -0.05) is 18.2 Å². The van der Waals surface area contributed by atoms with Crippen molar-refractivity contribution in [3.05, 3.63) is 72.2 Å². The molecule has 4 heteroatoms. The summed E-state index contributed by atoms with van der Waals surface area (Å²) in [7, 11) is 0. The number of nitrogens with zero attached hydrogens (tertiary/aromatic N) is 3. The van der Waals surface area contributed by atoms with E-state index in [2.05, 4.69) is 21.7 Å². The van der Waals surface area contributed by atoms with Crippen molar-refractivity contribution < 1.29 is 4.42 Å². The molecule has 4 aromatic rings. The Morgan fingerprint density at radius 3 is 2.73 bits per heavy atom. The van der Waals surface area contributed by atoms with Gasteiger partial charge in [-0.05, 0) is 42.8 Å². The van der Waals surface area contributed by atoms with Gasteiger partial charge in [-0.2, -0.15) is 0 Å². The number of fused-ring (bicyclic) bond motifs is 1. The summed E-state index contributed by atoms with van der Waals surface area (Å²) in [6, 6.07) is 16.1. The fourth-order valence-corrected chi connectivity index (χ4v) is 2.65. The zero-order chi connectivity index (χ0) is 14.9. The van der Waals surface area contributed by atoms with E-state index in [1.165, 1.54) is 0 Å². The van der Waals surface area contributed by atoms with Crippen molar-refractivity contribution in [3.8, 4) is 11.6 Å². The van der Waals surface area contributed by atoms with Crippen LogP contribution in [0.15, 0.2) is 65.3 Å². The predicted molar refractivity (Wildman–Crippen MR) is 85.5 cm³/mol. The van der Waals surface area contributed by atoms with Crippen molar-refractivity contribution in [2.45, 2.75) is 13.5 Å². The fourth-order valence-electron chi connectivity index (χ4n) is 2.65. The molecule has 4 rings (SSSR count). The van der Waals surface area contributed by atoms with E-state index in [-0.39, 0.29) is 0 Å². The zero-order valence-corrected chi connectivity index (χ0v) is 12.2. The normalized spacial score (nSPS) is 11.1. The molecule has 0 fully saturated rings. The molecule has 0 aliphatic rings. The molecule has 0 N–H and O–H groups in total. The Kier molecular flexibility index (Phi) is 3.00. The highest BCUT2D eigenvalue weighted by atomic mass is 16.3. The summed E-state index contributed by atoms with van der Waals surface area (Å²) in [6.07, 6.45) is 3.66. The molecule has 0 saturated carbocycles. The Bertz CT molecular complexity index is 922. The van der Waals surface area contributed by atoms with Crippen LogP contribution in [0.1, 0.15) is 11.3 Å². The summed E-state index contributed by atoms with van der Waals surface area (Å²) >= 11 is 0. The Balaban J connectivity index is 1.90. The molecule has 108 valence electrons. The standard InChI is InChI=1S/C18H15N3O/c1-13-8-9-17(22-13)18-20-15-6-2-3-7-16(15)21(18)12-14-5-4-10-19-11-14/h2-11H,12H2,1H3. The number of aromatic nitrogens is 3. The molecule has 0 atom stereocenters. The first-order valence-corrected chi connectivity index (χ1v) is 7.22. The van der Waals surface area contributed by atoms with Gasteiger partial charge in [-0.3, -0.25) is 4.98 Å². The Morgan fingerprint density at radius 1 is 1.05 bits per heavy atom. The van der Waals surface area contributed by atoms with E-state index in [0.717, 1.165) is 33.9 Å². The lowest BCUT2D eigenvalue weighted by Crippen LogP contribution is -2.02. The van der Waals surface area contributed by atoms with Gasteiger partial charge in [0.1, 0.15) is 5.76 Å². The van der Waals surface area contributed by atoms with E-state index in [1.54, 1.807) is 6.20 Å². The molecule has 3 aromatic heterocycles. The van der Waals surface area contributed by atoms with Gasteiger partial charge in [0.2, 0.25) is 0 Å². The SMILES string of the molecule is Cc1ccc(-c2nc3ccccc3n2Cc2cccnc2)o1. The number of imidazole rings is 1. The van der Waals surface area contributed by atoms with Crippen LogP contribution in [0.2, 0.25) is 0 Å². The van der Waals surface area contributed by atoms with Crippen LogP contribution in [0.5, 0.6) is 0 Å². The van der Waals surface area contributed by atoms with Gasteiger partial charge in [-0.15, -0.1) is 0 Å². The second-order valence-electron chi connectivity index (χ2n) is 5.28. The minimum Gasteiger partial charge on any atom is -0.458 e. The molecule has 0 saturated heterocycles. The first-order chi connectivity index (χ1) is 10.8. The highest BCUT2D eigenvalue weighted by Gasteiger charge is 2.15.